The van der Waals surface area contributed by atoms with Crippen LogP contribution in [0.1, 0.15) is 16.4 Å². The van der Waals surface area contributed by atoms with Gasteiger partial charge < -0.3 is 5.73 Å². The van der Waals surface area contributed by atoms with E-state index in [9.17, 15) is 0 Å². The third-order valence-electron chi connectivity index (χ3n) is 2.57. The Kier molecular flexibility index (Phi) is 4.12. The molecule has 2 N–H and O–H groups in total. The molecule has 1 unspecified atom stereocenters. The van der Waals surface area contributed by atoms with E-state index in [2.05, 4.69) is 29.0 Å². The minimum Gasteiger partial charge on any atom is -0.329 e. The number of benzene rings is 1. The van der Waals surface area contributed by atoms with Gasteiger partial charge in [-0.1, -0.05) is 36.0 Å². The molecule has 0 saturated carbocycles. The number of hydrogen-bond donors (Lipinski definition) is 1. The van der Waals surface area contributed by atoms with Gasteiger partial charge in [-0.05, 0) is 24.1 Å². The predicted octanol–water partition coefficient (Wildman–Crippen LogP) is 2.58. The Balaban J connectivity index is 2.21. The Morgan fingerprint density at radius 2 is 2.12 bits per heavy atom. The quantitative estimate of drug-likeness (QED) is 0.664. The maximum atomic E-state index is 5.86. The largest absolute Gasteiger partial charge is 0.329 e. The van der Waals surface area contributed by atoms with Gasteiger partial charge in [-0.3, -0.25) is 0 Å². The molecule has 1 heterocycles. The molecule has 0 radical (unpaired) electrons. The third kappa shape index (κ3) is 3.05. The van der Waals surface area contributed by atoms with Gasteiger partial charge in [0.1, 0.15) is 6.33 Å². The molecular formula is C13H15N3S. The monoisotopic (exact) mass is 245 g/mol. The Labute approximate surface area is 105 Å². The number of nitrogens with zero attached hydrogens (tertiary/aromatic N) is 2. The molecular weight excluding hydrogens is 230 g/mol. The molecule has 3 nitrogen and oxygen atoms in total. The minimum absolute atomic E-state index is 0.242. The van der Waals surface area contributed by atoms with Crippen molar-refractivity contribution in [2.24, 2.45) is 5.73 Å². The van der Waals surface area contributed by atoms with E-state index in [1.807, 2.05) is 18.2 Å². The highest BCUT2D eigenvalue weighted by Gasteiger charge is 2.13. The molecule has 1 atom stereocenters. The molecule has 2 rings (SSSR count). The Morgan fingerprint density at radius 1 is 1.29 bits per heavy atom. The van der Waals surface area contributed by atoms with Gasteiger partial charge in [-0.2, -0.15) is 0 Å². The number of aryl methyl sites for hydroxylation is 1. The smallest absolute Gasteiger partial charge is 0.116 e. The van der Waals surface area contributed by atoms with E-state index in [0.717, 1.165) is 5.03 Å². The van der Waals surface area contributed by atoms with Crippen molar-refractivity contribution in [1.29, 1.82) is 0 Å². The molecule has 17 heavy (non-hydrogen) atoms. The molecule has 0 saturated heterocycles. The minimum atomic E-state index is 0.242. The summed E-state index contributed by atoms with van der Waals surface area (Å²) >= 11 is 1.68. The maximum Gasteiger partial charge on any atom is 0.116 e. The number of rotatable bonds is 4. The van der Waals surface area contributed by atoms with E-state index >= 15 is 0 Å². The molecule has 1 aromatic carbocycles. The fraction of sp³-hybridized carbons (Fsp3) is 0.231. The van der Waals surface area contributed by atoms with Gasteiger partial charge in [0.2, 0.25) is 0 Å². The first kappa shape index (κ1) is 12.1. The normalized spacial score (nSPS) is 12.4. The molecule has 0 amide bonds. The van der Waals surface area contributed by atoms with Crippen LogP contribution in [-0.2, 0) is 0 Å². The van der Waals surface area contributed by atoms with E-state index in [4.69, 9.17) is 5.73 Å². The van der Waals surface area contributed by atoms with Gasteiger partial charge in [0.05, 0.1) is 5.03 Å². The van der Waals surface area contributed by atoms with Crippen molar-refractivity contribution in [3.05, 3.63) is 54.0 Å². The second kappa shape index (κ2) is 5.80. The Hall–Kier alpha value is -1.39. The predicted molar refractivity (Wildman–Crippen MR) is 70.9 cm³/mol. The average molecular weight is 245 g/mol. The maximum absolute atomic E-state index is 5.86. The highest BCUT2D eigenvalue weighted by Crippen LogP contribution is 2.34. The van der Waals surface area contributed by atoms with Crippen molar-refractivity contribution in [2.75, 3.05) is 6.54 Å². The lowest BCUT2D eigenvalue weighted by molar-refractivity contribution is 0.922. The van der Waals surface area contributed by atoms with Gasteiger partial charge in [-0.15, -0.1) is 0 Å². The molecule has 0 spiro atoms. The first-order valence-corrected chi connectivity index (χ1v) is 6.37. The lowest BCUT2D eigenvalue weighted by Gasteiger charge is -2.16. The Bertz CT molecular complexity index is 473. The van der Waals surface area contributed by atoms with Crippen molar-refractivity contribution >= 4 is 11.8 Å². The molecule has 88 valence electrons. The van der Waals surface area contributed by atoms with Crippen LogP contribution in [0.3, 0.4) is 0 Å². The van der Waals surface area contributed by atoms with Crippen LogP contribution in [0.15, 0.2) is 47.9 Å². The summed E-state index contributed by atoms with van der Waals surface area (Å²) in [4.78, 5) is 8.13. The zero-order valence-corrected chi connectivity index (χ0v) is 10.5. The van der Waals surface area contributed by atoms with Gasteiger partial charge in [0, 0.05) is 18.0 Å². The molecule has 0 aliphatic carbocycles. The summed E-state index contributed by atoms with van der Waals surface area (Å²) in [6, 6.07) is 10.2. The summed E-state index contributed by atoms with van der Waals surface area (Å²) in [6.07, 6.45) is 3.31. The van der Waals surface area contributed by atoms with Gasteiger partial charge >= 0.3 is 0 Å². The van der Waals surface area contributed by atoms with E-state index < -0.39 is 0 Å². The fourth-order valence-corrected chi connectivity index (χ4v) is 2.71. The molecule has 1 aromatic heterocycles. The van der Waals surface area contributed by atoms with Gasteiger partial charge in [0.15, 0.2) is 0 Å². The van der Waals surface area contributed by atoms with Crippen LogP contribution >= 0.6 is 11.8 Å². The summed E-state index contributed by atoms with van der Waals surface area (Å²) in [6.45, 7) is 2.71. The lowest BCUT2D eigenvalue weighted by Crippen LogP contribution is -2.10. The summed E-state index contributed by atoms with van der Waals surface area (Å²) in [5.74, 6) is 0. The summed E-state index contributed by atoms with van der Waals surface area (Å²) < 4.78 is 0. The van der Waals surface area contributed by atoms with E-state index in [1.165, 1.54) is 11.1 Å². The number of aromatic nitrogens is 2. The highest BCUT2D eigenvalue weighted by atomic mass is 32.2. The highest BCUT2D eigenvalue weighted by molar-refractivity contribution is 7.99. The van der Waals surface area contributed by atoms with Crippen molar-refractivity contribution in [3.8, 4) is 0 Å². The van der Waals surface area contributed by atoms with Crippen molar-refractivity contribution in [3.63, 3.8) is 0 Å². The van der Waals surface area contributed by atoms with E-state index in [-0.39, 0.29) is 5.25 Å². The van der Waals surface area contributed by atoms with Crippen LogP contribution in [0.5, 0.6) is 0 Å². The summed E-state index contributed by atoms with van der Waals surface area (Å²) in [7, 11) is 0. The second-order valence-corrected chi connectivity index (χ2v) is 4.97. The first-order chi connectivity index (χ1) is 8.31. The number of thioether (sulfide) groups is 1. The van der Waals surface area contributed by atoms with Crippen molar-refractivity contribution in [1.82, 2.24) is 9.97 Å². The van der Waals surface area contributed by atoms with Crippen molar-refractivity contribution in [2.45, 2.75) is 17.2 Å². The van der Waals surface area contributed by atoms with Gasteiger partial charge in [-0.25, -0.2) is 9.97 Å². The van der Waals surface area contributed by atoms with Crippen LogP contribution < -0.4 is 5.73 Å². The van der Waals surface area contributed by atoms with Crippen molar-refractivity contribution < 1.29 is 0 Å². The first-order valence-electron chi connectivity index (χ1n) is 5.49. The standard InChI is InChI=1S/C13H15N3S/c1-10-4-2-3-5-11(10)12(8-14)17-13-6-7-15-9-16-13/h2-7,9,12H,8,14H2,1H3. The molecule has 0 fully saturated rings. The van der Waals surface area contributed by atoms with E-state index in [0.29, 0.717) is 6.54 Å². The topological polar surface area (TPSA) is 51.8 Å². The van der Waals surface area contributed by atoms with Crippen LogP contribution in [-0.4, -0.2) is 16.5 Å². The SMILES string of the molecule is Cc1ccccc1C(CN)Sc1ccncn1. The van der Waals surface area contributed by atoms with E-state index in [1.54, 1.807) is 24.3 Å². The van der Waals surface area contributed by atoms with Crippen LogP contribution in [0.4, 0.5) is 0 Å². The zero-order chi connectivity index (χ0) is 12.1. The molecule has 0 aliphatic rings. The molecule has 0 aliphatic heterocycles. The van der Waals surface area contributed by atoms with Crippen LogP contribution in [0.25, 0.3) is 0 Å². The Morgan fingerprint density at radius 3 is 2.76 bits per heavy atom. The number of nitrogens with two attached hydrogens (primary N) is 1. The number of hydrogen-bond acceptors (Lipinski definition) is 4. The fourth-order valence-electron chi connectivity index (χ4n) is 1.68. The van der Waals surface area contributed by atoms with Gasteiger partial charge in [0.25, 0.3) is 0 Å². The molecule has 4 heteroatoms. The third-order valence-corrected chi connectivity index (χ3v) is 3.78. The molecule has 0 bridgehead atoms. The summed E-state index contributed by atoms with van der Waals surface area (Å²) in [5, 5.41) is 1.20. The molecule has 2 aromatic rings. The second-order valence-electron chi connectivity index (χ2n) is 3.75. The van der Waals surface area contributed by atoms with Crippen LogP contribution in [0.2, 0.25) is 0 Å². The average Bonchev–Trinajstić information content (AvgIpc) is 2.38. The summed E-state index contributed by atoms with van der Waals surface area (Å²) in [5.41, 5.74) is 8.40. The lowest BCUT2D eigenvalue weighted by atomic mass is 10.1. The van der Waals surface area contributed by atoms with Crippen LogP contribution in [0, 0.1) is 6.92 Å². The zero-order valence-electron chi connectivity index (χ0n) is 9.71.